The maximum Gasteiger partial charge on any atom is 0.338 e. The number of hydrogen-bond donors (Lipinski definition) is 0. The van der Waals surface area contributed by atoms with Crippen LogP contribution in [0.3, 0.4) is 0 Å². The molecule has 176 valence electrons. The molecule has 1 atom stereocenters. The number of aromatic nitrogens is 1. The summed E-state index contributed by atoms with van der Waals surface area (Å²) in [6.07, 6.45) is 1.70. The molecule has 2 heterocycles. The molecule has 9 heteroatoms. The van der Waals surface area contributed by atoms with E-state index in [4.69, 9.17) is 32.7 Å². The summed E-state index contributed by atoms with van der Waals surface area (Å²) in [5, 5.41) is 0.680. The second-order valence-electron chi connectivity index (χ2n) is 7.73. The predicted octanol–water partition coefficient (Wildman–Crippen LogP) is 4.42. The van der Waals surface area contributed by atoms with Crippen LogP contribution in [0.2, 0.25) is 10.0 Å². The molecule has 0 saturated heterocycles. The van der Waals surface area contributed by atoms with Crippen LogP contribution < -0.4 is 19.6 Å². The lowest BCUT2D eigenvalue weighted by Gasteiger charge is -2.24. The zero-order chi connectivity index (χ0) is 24.6. The lowest BCUT2D eigenvalue weighted by atomic mass is 9.95. The lowest BCUT2D eigenvalue weighted by Crippen LogP contribution is -2.39. The van der Waals surface area contributed by atoms with Gasteiger partial charge in [0.1, 0.15) is 0 Å². The summed E-state index contributed by atoms with van der Waals surface area (Å²) in [5.74, 6) is -0.117. The number of nitrogens with zero attached hydrogens (tertiary/aromatic N) is 2. The molecule has 6 nitrogen and oxygen atoms in total. The quantitative estimate of drug-likeness (QED) is 0.470. The van der Waals surface area contributed by atoms with E-state index < -0.39 is 12.0 Å². The van der Waals surface area contributed by atoms with Gasteiger partial charge in [-0.15, -0.1) is 0 Å². The molecule has 0 amide bonds. The Kier molecular flexibility index (Phi) is 6.98. The zero-order valence-corrected chi connectivity index (χ0v) is 21.3. The Hall–Kier alpha value is -2.87. The number of esters is 1. The van der Waals surface area contributed by atoms with Crippen molar-refractivity contribution >= 4 is 46.6 Å². The van der Waals surface area contributed by atoms with E-state index in [1.165, 1.54) is 18.4 Å². The van der Waals surface area contributed by atoms with E-state index in [0.29, 0.717) is 42.0 Å². The number of hydrogen-bond acceptors (Lipinski definition) is 6. The summed E-state index contributed by atoms with van der Waals surface area (Å²) in [4.78, 5) is 31.6. The fraction of sp³-hybridized carbons (Fsp3) is 0.240. The monoisotopic (exact) mass is 516 g/mol. The second-order valence-corrected chi connectivity index (χ2v) is 9.55. The van der Waals surface area contributed by atoms with Gasteiger partial charge in [-0.2, -0.15) is 0 Å². The van der Waals surface area contributed by atoms with E-state index in [1.807, 2.05) is 31.2 Å². The zero-order valence-electron chi connectivity index (χ0n) is 19.0. The van der Waals surface area contributed by atoms with Gasteiger partial charge in [-0.3, -0.25) is 9.36 Å². The third-order valence-electron chi connectivity index (χ3n) is 5.43. The Balaban J connectivity index is 1.94. The normalized spacial score (nSPS) is 15.7. The van der Waals surface area contributed by atoms with Crippen molar-refractivity contribution < 1.29 is 14.3 Å². The van der Waals surface area contributed by atoms with Gasteiger partial charge >= 0.3 is 5.97 Å². The summed E-state index contributed by atoms with van der Waals surface area (Å²) in [6, 6.07) is 10.4. The van der Waals surface area contributed by atoms with Crippen LogP contribution in [0.25, 0.3) is 6.08 Å². The molecule has 0 N–H and O–H groups in total. The maximum absolute atomic E-state index is 13.6. The molecule has 0 fully saturated rings. The van der Waals surface area contributed by atoms with Gasteiger partial charge in [0.05, 0.1) is 45.6 Å². The molecule has 1 aromatic heterocycles. The van der Waals surface area contributed by atoms with Crippen molar-refractivity contribution in [2.45, 2.75) is 26.8 Å². The van der Waals surface area contributed by atoms with Crippen molar-refractivity contribution in [3.63, 3.8) is 0 Å². The summed E-state index contributed by atoms with van der Waals surface area (Å²) in [7, 11) is 1.49. The highest BCUT2D eigenvalue weighted by atomic mass is 35.5. The Morgan fingerprint density at radius 2 is 1.82 bits per heavy atom. The molecule has 34 heavy (non-hydrogen) atoms. The predicted molar refractivity (Wildman–Crippen MR) is 135 cm³/mol. The largest absolute Gasteiger partial charge is 0.494 e. The Morgan fingerprint density at radius 1 is 1.18 bits per heavy atom. The minimum Gasteiger partial charge on any atom is -0.494 e. The number of carbonyl (C=O) groups is 1. The molecule has 0 aliphatic carbocycles. The van der Waals surface area contributed by atoms with Crippen molar-refractivity contribution in [2.24, 2.45) is 4.99 Å². The highest BCUT2D eigenvalue weighted by Crippen LogP contribution is 2.34. The van der Waals surface area contributed by atoms with E-state index >= 15 is 0 Å². The van der Waals surface area contributed by atoms with Crippen LogP contribution in [-0.4, -0.2) is 24.3 Å². The van der Waals surface area contributed by atoms with Crippen LogP contribution in [-0.2, 0) is 9.53 Å². The molecule has 1 aliphatic rings. The number of aryl methyl sites for hydroxylation is 1. The second kappa shape index (κ2) is 9.78. The van der Waals surface area contributed by atoms with Crippen molar-refractivity contribution in [3.8, 4) is 5.75 Å². The van der Waals surface area contributed by atoms with Crippen molar-refractivity contribution in [1.82, 2.24) is 4.57 Å². The van der Waals surface area contributed by atoms with Crippen LogP contribution in [0.1, 0.15) is 36.6 Å². The number of allylic oxidation sites excluding steroid dienone is 1. The summed E-state index contributed by atoms with van der Waals surface area (Å²) < 4.78 is 12.5. The van der Waals surface area contributed by atoms with Crippen molar-refractivity contribution in [2.75, 3.05) is 13.7 Å². The molecule has 4 rings (SSSR count). The van der Waals surface area contributed by atoms with Gasteiger partial charge in [-0.05, 0) is 50.1 Å². The van der Waals surface area contributed by atoms with E-state index in [9.17, 15) is 9.59 Å². The average molecular weight is 517 g/mol. The number of ether oxygens (including phenoxy) is 2. The van der Waals surface area contributed by atoms with Crippen LogP contribution in [0.15, 0.2) is 57.5 Å². The Labute approximate surface area is 210 Å². The highest BCUT2D eigenvalue weighted by Gasteiger charge is 2.33. The van der Waals surface area contributed by atoms with Gasteiger partial charge in [-0.25, -0.2) is 9.79 Å². The van der Waals surface area contributed by atoms with Gasteiger partial charge < -0.3 is 9.47 Å². The third-order valence-corrected chi connectivity index (χ3v) is 6.98. The first-order valence-corrected chi connectivity index (χ1v) is 12.1. The Morgan fingerprint density at radius 3 is 2.41 bits per heavy atom. The van der Waals surface area contributed by atoms with Gasteiger partial charge in [-0.1, -0.05) is 64.4 Å². The fourth-order valence-electron chi connectivity index (χ4n) is 3.86. The lowest BCUT2D eigenvalue weighted by molar-refractivity contribution is -0.139. The summed E-state index contributed by atoms with van der Waals surface area (Å²) in [5.41, 5.74) is 3.11. The van der Waals surface area contributed by atoms with Crippen molar-refractivity contribution in [3.05, 3.63) is 94.1 Å². The number of halogens is 2. The Bertz CT molecular complexity index is 1460. The van der Waals surface area contributed by atoms with Crippen LogP contribution in [0.4, 0.5) is 0 Å². The molecule has 0 unspecified atom stereocenters. The van der Waals surface area contributed by atoms with E-state index in [0.717, 1.165) is 11.1 Å². The third kappa shape index (κ3) is 4.43. The topological polar surface area (TPSA) is 69.9 Å². The standard InChI is InChI=1S/C25H22Cl2N2O4S/c1-5-33-24(31)20-14(3)28-25-29(21(20)16-8-6-13(2)7-9-16)23(30)19(34-25)12-15-10-17(26)22(32-4)18(27)11-15/h6-12,21H,5H2,1-4H3/b19-12+/t21-/m0/s1. The SMILES string of the molecule is CCOC(=O)C1=C(C)N=c2s/c(=C/c3cc(Cl)c(OC)c(Cl)c3)c(=O)n2[C@H]1c1ccc(C)cc1. The van der Waals surface area contributed by atoms with E-state index in [2.05, 4.69) is 4.99 Å². The molecule has 2 aromatic carbocycles. The molecule has 3 aromatic rings. The number of thiazole rings is 1. The molecule has 0 saturated carbocycles. The van der Waals surface area contributed by atoms with Gasteiger partial charge in [0.25, 0.3) is 5.56 Å². The van der Waals surface area contributed by atoms with E-state index in [-0.39, 0.29) is 12.2 Å². The maximum atomic E-state index is 13.6. The van der Waals surface area contributed by atoms with Crippen molar-refractivity contribution in [1.29, 1.82) is 0 Å². The molecular weight excluding hydrogens is 495 g/mol. The first kappa shape index (κ1) is 24.3. The minimum absolute atomic E-state index is 0.222. The van der Waals surface area contributed by atoms with Gasteiger partial charge in [0, 0.05) is 0 Å². The molecule has 0 radical (unpaired) electrons. The molecule has 0 bridgehead atoms. The number of carbonyl (C=O) groups excluding carboxylic acids is 1. The molecule has 1 aliphatic heterocycles. The number of methoxy groups -OCH3 is 1. The minimum atomic E-state index is -0.652. The summed E-state index contributed by atoms with van der Waals surface area (Å²) >= 11 is 13.8. The first-order valence-electron chi connectivity index (χ1n) is 10.5. The van der Waals surface area contributed by atoms with Crippen LogP contribution >= 0.6 is 34.5 Å². The highest BCUT2D eigenvalue weighted by molar-refractivity contribution is 7.07. The fourth-order valence-corrected chi connectivity index (χ4v) is 5.57. The van der Waals surface area contributed by atoms with Gasteiger partial charge in [0.2, 0.25) is 0 Å². The van der Waals surface area contributed by atoms with Gasteiger partial charge in [0.15, 0.2) is 10.6 Å². The number of fused-ring (bicyclic) bond motifs is 1. The van der Waals surface area contributed by atoms with Crippen LogP contribution in [0.5, 0.6) is 5.75 Å². The molecular formula is C25H22Cl2N2O4S. The summed E-state index contributed by atoms with van der Waals surface area (Å²) in [6.45, 7) is 5.70. The average Bonchev–Trinajstić information content (AvgIpc) is 3.08. The molecule has 0 spiro atoms. The smallest absolute Gasteiger partial charge is 0.338 e. The first-order chi connectivity index (χ1) is 16.2. The number of rotatable bonds is 5. The van der Waals surface area contributed by atoms with E-state index in [1.54, 1.807) is 36.6 Å². The van der Waals surface area contributed by atoms with Crippen LogP contribution in [0, 0.1) is 6.92 Å². The number of benzene rings is 2.